The second kappa shape index (κ2) is 21.5. The summed E-state index contributed by atoms with van der Waals surface area (Å²) in [5.41, 5.74) is 4.06. The molecule has 0 aliphatic rings. The molecule has 33 heavy (non-hydrogen) atoms. The molecular weight excluding hydrogens is 396 g/mol. The number of unbranched alkanes of at least 4 members (excludes halogenated alkanes) is 10. The van der Waals surface area contributed by atoms with E-state index in [4.69, 9.17) is 0 Å². The first kappa shape index (κ1) is 28.7. The molecule has 0 heterocycles. The minimum Gasteiger partial charge on any atom is -0.0654 e. The Balaban J connectivity index is 0.000000259. The van der Waals surface area contributed by atoms with Crippen LogP contribution in [-0.2, 0) is 6.42 Å². The molecule has 0 aliphatic carbocycles. The van der Waals surface area contributed by atoms with E-state index in [2.05, 4.69) is 93.6 Å². The van der Waals surface area contributed by atoms with Crippen molar-refractivity contribution in [3.63, 3.8) is 0 Å². The first-order valence-corrected chi connectivity index (χ1v) is 13.4. The Labute approximate surface area is 205 Å². The number of hydrogen-bond donors (Lipinski definition) is 0. The van der Waals surface area contributed by atoms with Crippen LogP contribution in [0, 0.1) is 6.92 Å². The molecular formula is C33H48. The molecule has 0 atom stereocenters. The van der Waals surface area contributed by atoms with Crippen molar-refractivity contribution in [2.24, 2.45) is 0 Å². The third-order valence-electron chi connectivity index (χ3n) is 5.74. The Morgan fingerprint density at radius 3 is 0.970 bits per heavy atom. The summed E-state index contributed by atoms with van der Waals surface area (Å²) >= 11 is 0. The zero-order valence-corrected chi connectivity index (χ0v) is 21.6. The molecule has 0 aromatic heterocycles. The molecule has 0 radical (unpaired) electrons. The molecule has 0 heteroatoms. The second-order valence-electron chi connectivity index (χ2n) is 8.98. The molecule has 0 fully saturated rings. The molecule has 0 nitrogen and oxygen atoms in total. The predicted octanol–water partition coefficient (Wildman–Crippen LogP) is 10.6. The van der Waals surface area contributed by atoms with E-state index in [0.717, 1.165) is 6.42 Å². The Hall–Kier alpha value is -2.34. The van der Waals surface area contributed by atoms with Crippen molar-refractivity contribution in [1.29, 1.82) is 0 Å². The predicted molar refractivity (Wildman–Crippen MR) is 149 cm³/mol. The zero-order valence-electron chi connectivity index (χ0n) is 21.6. The zero-order chi connectivity index (χ0) is 23.8. The van der Waals surface area contributed by atoms with Crippen LogP contribution >= 0.6 is 0 Å². The quantitative estimate of drug-likeness (QED) is 0.244. The highest BCUT2D eigenvalue weighted by molar-refractivity contribution is 5.25. The first-order chi connectivity index (χ1) is 16.3. The molecule has 0 bridgehead atoms. The van der Waals surface area contributed by atoms with Crippen LogP contribution in [0.25, 0.3) is 0 Å². The fourth-order valence-corrected chi connectivity index (χ4v) is 3.70. The van der Waals surface area contributed by atoms with Crippen LogP contribution in [-0.4, -0.2) is 0 Å². The van der Waals surface area contributed by atoms with Gasteiger partial charge in [0.2, 0.25) is 0 Å². The molecule has 3 aromatic carbocycles. The number of hydrogen-bond acceptors (Lipinski definition) is 0. The fourth-order valence-electron chi connectivity index (χ4n) is 3.70. The van der Waals surface area contributed by atoms with Crippen LogP contribution in [0.15, 0.2) is 91.0 Å². The number of benzene rings is 3. The van der Waals surface area contributed by atoms with Gasteiger partial charge >= 0.3 is 0 Å². The van der Waals surface area contributed by atoms with E-state index in [-0.39, 0.29) is 0 Å². The van der Waals surface area contributed by atoms with Gasteiger partial charge in [-0.15, -0.1) is 0 Å². The Morgan fingerprint density at radius 1 is 0.394 bits per heavy atom. The van der Waals surface area contributed by atoms with E-state index in [0.29, 0.717) is 0 Å². The van der Waals surface area contributed by atoms with E-state index >= 15 is 0 Å². The molecule has 180 valence electrons. The fraction of sp³-hybridized carbons (Fsp3) is 0.455. The monoisotopic (exact) mass is 444 g/mol. The van der Waals surface area contributed by atoms with Gasteiger partial charge < -0.3 is 0 Å². The molecule has 0 aliphatic heterocycles. The lowest BCUT2D eigenvalue weighted by atomic mass is 10.1. The molecule has 0 unspecified atom stereocenters. The highest BCUT2D eigenvalue weighted by Gasteiger charge is 1.93. The minimum absolute atomic E-state index is 1.03. The molecule has 0 N–H and O–H groups in total. The lowest BCUT2D eigenvalue weighted by molar-refractivity contribution is 0.554. The lowest BCUT2D eigenvalue weighted by Gasteiger charge is -2.00. The average molecular weight is 445 g/mol. The molecule has 3 aromatic rings. The Kier molecular flexibility index (Phi) is 18.7. The van der Waals surface area contributed by atoms with Gasteiger partial charge in [0.15, 0.2) is 0 Å². The lowest BCUT2D eigenvalue weighted by Crippen LogP contribution is -1.85. The van der Waals surface area contributed by atoms with Crippen LogP contribution in [0.4, 0.5) is 0 Å². The maximum atomic E-state index is 2.28. The van der Waals surface area contributed by atoms with Gasteiger partial charge in [-0.1, -0.05) is 181 Å². The van der Waals surface area contributed by atoms with Gasteiger partial charge in [-0.3, -0.25) is 0 Å². The van der Waals surface area contributed by atoms with Crippen molar-refractivity contribution >= 4 is 0 Å². The first-order valence-electron chi connectivity index (χ1n) is 13.4. The molecule has 0 saturated heterocycles. The van der Waals surface area contributed by atoms with E-state index in [9.17, 15) is 0 Å². The normalized spacial score (nSPS) is 9.91. The van der Waals surface area contributed by atoms with Gasteiger partial charge in [0.25, 0.3) is 0 Å². The Bertz CT molecular complexity index is 698. The SMILES string of the molecule is CCCCCCCCCCCCC.Cc1ccccc1.c1ccc(Cc2ccccc2)cc1. The largest absolute Gasteiger partial charge is 0.0654 e. The summed E-state index contributed by atoms with van der Waals surface area (Å²) in [5.74, 6) is 0. The summed E-state index contributed by atoms with van der Waals surface area (Å²) in [7, 11) is 0. The topological polar surface area (TPSA) is 0 Å². The van der Waals surface area contributed by atoms with E-state index in [1.165, 1.54) is 87.3 Å². The van der Waals surface area contributed by atoms with E-state index < -0.39 is 0 Å². The highest BCUT2D eigenvalue weighted by Crippen LogP contribution is 2.11. The van der Waals surface area contributed by atoms with Crippen LogP contribution in [0.5, 0.6) is 0 Å². The molecule has 0 amide bonds. The van der Waals surface area contributed by atoms with Crippen molar-refractivity contribution in [2.45, 2.75) is 97.8 Å². The van der Waals surface area contributed by atoms with Crippen LogP contribution in [0.2, 0.25) is 0 Å². The van der Waals surface area contributed by atoms with Crippen molar-refractivity contribution < 1.29 is 0 Å². The summed E-state index contributed by atoms with van der Waals surface area (Å²) in [6.45, 7) is 6.65. The number of aryl methyl sites for hydroxylation is 1. The summed E-state index contributed by atoms with van der Waals surface area (Å²) in [6, 6.07) is 31.3. The van der Waals surface area contributed by atoms with Gasteiger partial charge in [0.05, 0.1) is 0 Å². The van der Waals surface area contributed by atoms with Gasteiger partial charge in [0, 0.05) is 0 Å². The van der Waals surface area contributed by atoms with Gasteiger partial charge in [-0.2, -0.15) is 0 Å². The van der Waals surface area contributed by atoms with Crippen LogP contribution < -0.4 is 0 Å². The smallest absolute Gasteiger partial charge is 0.00258 e. The van der Waals surface area contributed by atoms with Crippen molar-refractivity contribution in [2.75, 3.05) is 0 Å². The maximum Gasteiger partial charge on any atom is -0.00258 e. The third kappa shape index (κ3) is 17.8. The molecule has 0 saturated carbocycles. The summed E-state index contributed by atoms with van der Waals surface area (Å²) in [6.07, 6.45) is 17.0. The van der Waals surface area contributed by atoms with Crippen LogP contribution in [0.3, 0.4) is 0 Å². The van der Waals surface area contributed by atoms with Gasteiger partial charge in [-0.25, -0.2) is 0 Å². The summed E-state index contributed by atoms with van der Waals surface area (Å²) < 4.78 is 0. The second-order valence-corrected chi connectivity index (χ2v) is 8.98. The maximum absolute atomic E-state index is 2.28. The Morgan fingerprint density at radius 2 is 0.697 bits per heavy atom. The van der Waals surface area contributed by atoms with Crippen LogP contribution in [0.1, 0.15) is 101 Å². The third-order valence-corrected chi connectivity index (χ3v) is 5.74. The van der Waals surface area contributed by atoms with E-state index in [1.807, 2.05) is 18.2 Å². The molecule has 3 rings (SSSR count). The van der Waals surface area contributed by atoms with Crippen molar-refractivity contribution in [1.82, 2.24) is 0 Å². The van der Waals surface area contributed by atoms with E-state index in [1.54, 1.807) is 0 Å². The number of rotatable bonds is 12. The van der Waals surface area contributed by atoms with Gasteiger partial charge in [0.1, 0.15) is 0 Å². The summed E-state index contributed by atoms with van der Waals surface area (Å²) in [5, 5.41) is 0. The highest BCUT2D eigenvalue weighted by atomic mass is 14.0. The molecule has 0 spiro atoms. The summed E-state index contributed by atoms with van der Waals surface area (Å²) in [4.78, 5) is 0. The standard InChI is InChI=1S/C13H12.C13H28.C7H8/c1-3-7-12(8-4-1)11-13-9-5-2-6-10-13;1-3-5-7-9-11-13-12-10-8-6-4-2;1-7-5-3-2-4-6-7/h1-10H,11H2;3-13H2,1-2H3;2-6H,1H3. The van der Waals surface area contributed by atoms with Gasteiger partial charge in [-0.05, 0) is 24.5 Å². The van der Waals surface area contributed by atoms with Crippen molar-refractivity contribution in [3.05, 3.63) is 108 Å². The van der Waals surface area contributed by atoms with Crippen molar-refractivity contribution in [3.8, 4) is 0 Å². The minimum atomic E-state index is 1.03. The average Bonchev–Trinajstić information content (AvgIpc) is 2.86.